The summed E-state index contributed by atoms with van der Waals surface area (Å²) >= 11 is 0. The number of nitrogens with zero attached hydrogens (tertiary/aromatic N) is 4. The van der Waals surface area contributed by atoms with Crippen molar-refractivity contribution in [1.29, 1.82) is 0 Å². The van der Waals surface area contributed by atoms with Crippen molar-refractivity contribution in [2.24, 2.45) is 11.0 Å². The number of carbonyl (C=O) groups excluding carboxylic acids is 2. The highest BCUT2D eigenvalue weighted by atomic mass is 19.1. The van der Waals surface area contributed by atoms with Gasteiger partial charge in [0.2, 0.25) is 5.91 Å². The van der Waals surface area contributed by atoms with Crippen molar-refractivity contribution in [1.82, 2.24) is 14.8 Å². The average molecular weight is 511 g/mol. The number of rotatable bonds is 8. The van der Waals surface area contributed by atoms with E-state index in [-0.39, 0.29) is 30.1 Å². The molecule has 9 heteroatoms. The van der Waals surface area contributed by atoms with Gasteiger partial charge in [-0.25, -0.2) is 13.8 Å². The van der Waals surface area contributed by atoms with Crippen molar-refractivity contribution in [2.45, 2.75) is 31.7 Å². The minimum atomic E-state index is -0.511. The van der Waals surface area contributed by atoms with Gasteiger partial charge in [-0.05, 0) is 36.6 Å². The SMILES string of the molecule is O=C(C1CCC1)N(CCN1CCOCC1)CC(=O)N1N=C(c2ccccc2F)CC1c1ccc(F)cc1. The van der Waals surface area contributed by atoms with E-state index in [4.69, 9.17) is 4.74 Å². The second-order valence-corrected chi connectivity index (χ2v) is 9.88. The molecule has 2 fully saturated rings. The smallest absolute Gasteiger partial charge is 0.262 e. The van der Waals surface area contributed by atoms with Crippen LogP contribution in [0.5, 0.6) is 0 Å². The molecule has 196 valence electrons. The number of carbonyl (C=O) groups is 2. The number of amides is 2. The van der Waals surface area contributed by atoms with Gasteiger partial charge in [0.05, 0.1) is 25.0 Å². The third-order valence-electron chi connectivity index (χ3n) is 7.49. The maximum Gasteiger partial charge on any atom is 0.262 e. The van der Waals surface area contributed by atoms with E-state index >= 15 is 0 Å². The topological polar surface area (TPSA) is 65.5 Å². The Morgan fingerprint density at radius 1 is 1.03 bits per heavy atom. The lowest BCUT2D eigenvalue weighted by Crippen LogP contribution is -2.49. The van der Waals surface area contributed by atoms with Gasteiger partial charge < -0.3 is 9.64 Å². The predicted octanol–water partition coefficient (Wildman–Crippen LogP) is 3.60. The van der Waals surface area contributed by atoms with Gasteiger partial charge in [0, 0.05) is 44.1 Å². The minimum Gasteiger partial charge on any atom is -0.379 e. The molecular formula is C28H32F2N4O3. The summed E-state index contributed by atoms with van der Waals surface area (Å²) in [5.74, 6) is -1.17. The first-order valence-corrected chi connectivity index (χ1v) is 13.0. The molecule has 2 aromatic carbocycles. The van der Waals surface area contributed by atoms with Gasteiger partial charge in [-0.1, -0.05) is 36.8 Å². The zero-order chi connectivity index (χ0) is 25.8. The van der Waals surface area contributed by atoms with Crippen LogP contribution >= 0.6 is 0 Å². The van der Waals surface area contributed by atoms with Crippen LogP contribution in [0.3, 0.4) is 0 Å². The van der Waals surface area contributed by atoms with Crippen molar-refractivity contribution < 1.29 is 23.1 Å². The van der Waals surface area contributed by atoms with Crippen molar-refractivity contribution in [3.05, 3.63) is 71.3 Å². The summed E-state index contributed by atoms with van der Waals surface area (Å²) in [6, 6.07) is 11.7. The van der Waals surface area contributed by atoms with E-state index in [9.17, 15) is 18.4 Å². The van der Waals surface area contributed by atoms with Gasteiger partial charge in [0.1, 0.15) is 18.2 Å². The number of hydrazone groups is 1. The number of ether oxygens (including phenoxy) is 1. The number of benzene rings is 2. The fourth-order valence-corrected chi connectivity index (χ4v) is 5.05. The highest BCUT2D eigenvalue weighted by Gasteiger charge is 2.37. The van der Waals surface area contributed by atoms with Crippen LogP contribution in [0, 0.1) is 17.6 Å². The second-order valence-electron chi connectivity index (χ2n) is 9.88. The van der Waals surface area contributed by atoms with Crippen LogP contribution in [0.4, 0.5) is 8.78 Å². The summed E-state index contributed by atoms with van der Waals surface area (Å²) < 4.78 is 33.6. The highest BCUT2D eigenvalue weighted by Crippen LogP contribution is 2.34. The Morgan fingerprint density at radius 3 is 2.43 bits per heavy atom. The summed E-state index contributed by atoms with van der Waals surface area (Å²) in [7, 11) is 0. The third kappa shape index (κ3) is 5.88. The molecule has 37 heavy (non-hydrogen) atoms. The molecule has 1 saturated carbocycles. The standard InChI is InChI=1S/C28H32F2N4O3/c29-22-10-8-20(9-11-22)26-18-25(23-6-1-2-7-24(23)30)31-34(26)27(35)19-33(28(36)21-4-3-5-21)13-12-32-14-16-37-17-15-32/h1-2,6-11,21,26H,3-5,12-19H2. The Morgan fingerprint density at radius 2 is 1.76 bits per heavy atom. The molecule has 7 nitrogen and oxygen atoms in total. The number of morpholine rings is 1. The van der Waals surface area contributed by atoms with Gasteiger partial charge in [-0.15, -0.1) is 0 Å². The zero-order valence-electron chi connectivity index (χ0n) is 20.8. The first-order valence-electron chi connectivity index (χ1n) is 13.0. The average Bonchev–Trinajstić information content (AvgIpc) is 3.32. The molecule has 2 aliphatic heterocycles. The van der Waals surface area contributed by atoms with E-state index in [2.05, 4.69) is 10.0 Å². The van der Waals surface area contributed by atoms with Crippen LogP contribution in [0.2, 0.25) is 0 Å². The van der Waals surface area contributed by atoms with Gasteiger partial charge in [-0.2, -0.15) is 5.10 Å². The molecule has 1 atom stereocenters. The molecule has 0 aromatic heterocycles. The lowest BCUT2D eigenvalue weighted by molar-refractivity contribution is -0.145. The molecule has 2 aromatic rings. The van der Waals surface area contributed by atoms with Crippen molar-refractivity contribution in [3.8, 4) is 0 Å². The van der Waals surface area contributed by atoms with E-state index in [1.165, 1.54) is 23.2 Å². The van der Waals surface area contributed by atoms with Crippen molar-refractivity contribution in [2.75, 3.05) is 45.9 Å². The monoisotopic (exact) mass is 510 g/mol. The summed E-state index contributed by atoms with van der Waals surface area (Å²) in [6.07, 6.45) is 3.01. The lowest BCUT2D eigenvalue weighted by atomic mass is 9.84. The maximum atomic E-state index is 14.6. The molecule has 1 unspecified atom stereocenters. The summed E-state index contributed by atoms with van der Waals surface area (Å²) in [5, 5.41) is 5.89. The van der Waals surface area contributed by atoms with Crippen LogP contribution in [-0.4, -0.2) is 78.3 Å². The fourth-order valence-electron chi connectivity index (χ4n) is 5.05. The van der Waals surface area contributed by atoms with Gasteiger partial charge in [0.25, 0.3) is 5.91 Å². The second kappa shape index (κ2) is 11.5. The third-order valence-corrected chi connectivity index (χ3v) is 7.49. The van der Waals surface area contributed by atoms with Crippen LogP contribution in [0.15, 0.2) is 53.6 Å². The highest BCUT2D eigenvalue weighted by molar-refractivity contribution is 6.03. The molecular weight excluding hydrogens is 478 g/mol. The van der Waals surface area contributed by atoms with Crippen LogP contribution in [0.1, 0.15) is 42.9 Å². The molecule has 2 heterocycles. The lowest BCUT2D eigenvalue weighted by Gasteiger charge is -2.34. The molecule has 0 bridgehead atoms. The molecule has 0 N–H and O–H groups in total. The first-order chi connectivity index (χ1) is 18.0. The summed E-state index contributed by atoms with van der Waals surface area (Å²) in [4.78, 5) is 30.8. The molecule has 0 spiro atoms. The fraction of sp³-hybridized carbons (Fsp3) is 0.464. The molecule has 0 radical (unpaired) electrons. The van der Waals surface area contributed by atoms with E-state index in [1.807, 2.05) is 0 Å². The van der Waals surface area contributed by atoms with E-state index < -0.39 is 11.9 Å². The summed E-state index contributed by atoms with van der Waals surface area (Å²) in [6.45, 7) is 3.93. The van der Waals surface area contributed by atoms with Crippen LogP contribution in [-0.2, 0) is 14.3 Å². The van der Waals surface area contributed by atoms with Crippen LogP contribution in [0.25, 0.3) is 0 Å². The predicted molar refractivity (Wildman–Crippen MR) is 135 cm³/mol. The zero-order valence-corrected chi connectivity index (χ0v) is 20.8. The van der Waals surface area contributed by atoms with Gasteiger partial charge in [-0.3, -0.25) is 14.5 Å². The maximum absolute atomic E-state index is 14.6. The van der Waals surface area contributed by atoms with E-state index in [0.29, 0.717) is 49.6 Å². The number of hydrogen-bond acceptors (Lipinski definition) is 5. The Hall–Kier alpha value is -3.17. The Labute approximate surface area is 215 Å². The molecule has 1 saturated heterocycles. The summed E-state index contributed by atoms with van der Waals surface area (Å²) in [5.41, 5.74) is 1.49. The molecule has 2 amide bonds. The van der Waals surface area contributed by atoms with Crippen molar-refractivity contribution >= 4 is 17.5 Å². The Bertz CT molecular complexity index is 1150. The molecule has 3 aliphatic rings. The first kappa shape index (κ1) is 25.5. The van der Waals surface area contributed by atoms with E-state index in [1.54, 1.807) is 35.2 Å². The number of hydrogen-bond donors (Lipinski definition) is 0. The van der Waals surface area contributed by atoms with E-state index in [0.717, 1.165) is 32.4 Å². The Kier molecular flexibility index (Phi) is 7.90. The largest absolute Gasteiger partial charge is 0.379 e. The molecule has 5 rings (SSSR count). The molecule has 1 aliphatic carbocycles. The minimum absolute atomic E-state index is 0.00342. The normalized spacial score (nSPS) is 20.4. The van der Waals surface area contributed by atoms with Gasteiger partial charge in [0.15, 0.2) is 0 Å². The Balaban J connectivity index is 1.37. The quantitative estimate of drug-likeness (QED) is 0.545. The van der Waals surface area contributed by atoms with Crippen LogP contribution < -0.4 is 0 Å². The number of halogens is 2. The van der Waals surface area contributed by atoms with Crippen molar-refractivity contribution in [3.63, 3.8) is 0 Å². The van der Waals surface area contributed by atoms with Gasteiger partial charge >= 0.3 is 0 Å².